The molecule has 1 aromatic carbocycles. The van der Waals surface area contributed by atoms with E-state index in [2.05, 4.69) is 5.16 Å². The van der Waals surface area contributed by atoms with E-state index in [1.807, 2.05) is 58.1 Å². The van der Waals surface area contributed by atoms with Gasteiger partial charge in [0.25, 0.3) is 11.8 Å². The smallest absolute Gasteiger partial charge is 0.272 e. The van der Waals surface area contributed by atoms with Gasteiger partial charge in [-0.05, 0) is 24.6 Å². The zero-order valence-corrected chi connectivity index (χ0v) is 14.8. The lowest BCUT2D eigenvalue weighted by molar-refractivity contribution is -0.00597. The first-order valence-electron chi connectivity index (χ1n) is 8.88. The summed E-state index contributed by atoms with van der Waals surface area (Å²) in [5.41, 5.74) is 1.67. The molecule has 2 aliphatic rings. The van der Waals surface area contributed by atoms with Crippen molar-refractivity contribution in [2.45, 2.75) is 19.1 Å². The molecular weight excluding hydrogens is 344 g/mol. The molecule has 2 aromatic heterocycles. The summed E-state index contributed by atoms with van der Waals surface area (Å²) in [6.45, 7) is 3.17. The van der Waals surface area contributed by atoms with Crippen molar-refractivity contribution in [1.82, 2.24) is 19.5 Å². The summed E-state index contributed by atoms with van der Waals surface area (Å²) in [4.78, 5) is 30.2. The van der Waals surface area contributed by atoms with E-state index < -0.39 is 5.66 Å². The lowest BCUT2D eigenvalue weighted by Gasteiger charge is -2.47. The second kappa shape index (κ2) is 5.57. The highest BCUT2D eigenvalue weighted by Gasteiger charge is 2.56. The zero-order chi connectivity index (χ0) is 18.6. The maximum Gasteiger partial charge on any atom is 0.272 e. The van der Waals surface area contributed by atoms with Crippen molar-refractivity contribution in [3.05, 3.63) is 77.4 Å². The fourth-order valence-corrected chi connectivity index (χ4v) is 4.30. The molecule has 1 fully saturated rings. The van der Waals surface area contributed by atoms with Gasteiger partial charge >= 0.3 is 0 Å². The number of nitrogens with zero attached hydrogens (tertiary/aromatic N) is 4. The Morgan fingerprint density at radius 3 is 2.70 bits per heavy atom. The van der Waals surface area contributed by atoms with Crippen LogP contribution < -0.4 is 0 Å². The van der Waals surface area contributed by atoms with Crippen LogP contribution in [0.1, 0.15) is 32.1 Å². The highest BCUT2D eigenvalue weighted by atomic mass is 16.5. The van der Waals surface area contributed by atoms with Gasteiger partial charge in [0.05, 0.1) is 12.2 Å². The second-order valence-electron chi connectivity index (χ2n) is 6.93. The first-order chi connectivity index (χ1) is 13.1. The van der Waals surface area contributed by atoms with Crippen LogP contribution in [0, 0.1) is 6.92 Å². The zero-order valence-electron chi connectivity index (χ0n) is 14.8. The predicted molar refractivity (Wildman–Crippen MR) is 95.9 cm³/mol. The van der Waals surface area contributed by atoms with E-state index in [4.69, 9.17) is 4.52 Å². The van der Waals surface area contributed by atoms with Crippen LogP contribution in [-0.2, 0) is 12.2 Å². The molecule has 0 N–H and O–H groups in total. The molecule has 27 heavy (non-hydrogen) atoms. The van der Waals surface area contributed by atoms with Crippen LogP contribution >= 0.6 is 0 Å². The largest absolute Gasteiger partial charge is 0.364 e. The van der Waals surface area contributed by atoms with Gasteiger partial charge in [-0.3, -0.25) is 9.59 Å². The molecule has 2 amide bonds. The number of aromatic nitrogens is 2. The van der Waals surface area contributed by atoms with Gasteiger partial charge in [0.2, 0.25) is 0 Å². The minimum Gasteiger partial charge on any atom is -0.364 e. The lowest BCUT2D eigenvalue weighted by atomic mass is 9.93. The molecule has 2 aliphatic heterocycles. The summed E-state index contributed by atoms with van der Waals surface area (Å²) < 4.78 is 6.91. The molecule has 0 spiro atoms. The van der Waals surface area contributed by atoms with Gasteiger partial charge in [-0.25, -0.2) is 0 Å². The predicted octanol–water partition coefficient (Wildman–Crippen LogP) is 2.25. The monoisotopic (exact) mass is 362 g/mol. The Morgan fingerprint density at radius 2 is 1.96 bits per heavy atom. The molecule has 3 aromatic rings. The van der Waals surface area contributed by atoms with Crippen molar-refractivity contribution in [2.75, 3.05) is 13.1 Å². The van der Waals surface area contributed by atoms with Crippen molar-refractivity contribution in [3.63, 3.8) is 0 Å². The number of carbonyl (C=O) groups excluding carboxylic acids is 2. The third-order valence-electron chi connectivity index (χ3n) is 5.59. The molecule has 0 radical (unpaired) electrons. The summed E-state index contributed by atoms with van der Waals surface area (Å²) >= 11 is 0. The molecule has 136 valence electrons. The number of hydrogen-bond acceptors (Lipinski definition) is 4. The van der Waals surface area contributed by atoms with Crippen LogP contribution in [0.3, 0.4) is 0 Å². The normalized spacial score (nSPS) is 21.3. The van der Waals surface area contributed by atoms with E-state index in [-0.39, 0.29) is 11.8 Å². The Balaban J connectivity index is 1.70. The van der Waals surface area contributed by atoms with Crippen LogP contribution in [0.5, 0.6) is 0 Å². The first-order valence-corrected chi connectivity index (χ1v) is 8.88. The highest BCUT2D eigenvalue weighted by Crippen LogP contribution is 2.43. The Bertz CT molecular complexity index is 1040. The third kappa shape index (κ3) is 2.05. The van der Waals surface area contributed by atoms with Crippen molar-refractivity contribution >= 4 is 11.8 Å². The maximum atomic E-state index is 13.4. The Hall–Kier alpha value is -3.35. The van der Waals surface area contributed by atoms with Crippen LogP contribution in [0.4, 0.5) is 0 Å². The van der Waals surface area contributed by atoms with Gasteiger partial charge in [-0.2, -0.15) is 0 Å². The molecule has 1 unspecified atom stereocenters. The first kappa shape index (κ1) is 15.9. The second-order valence-corrected chi connectivity index (χ2v) is 6.93. The molecule has 0 aliphatic carbocycles. The maximum absolute atomic E-state index is 13.4. The number of carbonyl (C=O) groups is 2. The van der Waals surface area contributed by atoms with E-state index in [9.17, 15) is 9.59 Å². The molecular formula is C20H18N4O3. The third-order valence-corrected chi connectivity index (χ3v) is 5.59. The van der Waals surface area contributed by atoms with Crippen LogP contribution in [0.15, 0.2) is 59.4 Å². The number of rotatable bonds is 2. The van der Waals surface area contributed by atoms with Crippen LogP contribution in [0.2, 0.25) is 0 Å². The summed E-state index contributed by atoms with van der Waals surface area (Å²) in [5, 5.41) is 3.84. The van der Waals surface area contributed by atoms with Crippen molar-refractivity contribution < 1.29 is 14.1 Å². The van der Waals surface area contributed by atoms with Gasteiger partial charge in [0.15, 0.2) is 5.66 Å². The van der Waals surface area contributed by atoms with E-state index in [0.29, 0.717) is 36.6 Å². The topological polar surface area (TPSA) is 71.6 Å². The van der Waals surface area contributed by atoms with E-state index in [1.54, 1.807) is 11.8 Å². The van der Waals surface area contributed by atoms with Gasteiger partial charge in [-0.1, -0.05) is 35.5 Å². The molecule has 1 saturated heterocycles. The SMILES string of the molecule is Cc1nocc1C(=O)N1CCN2C(=O)c3cccn3CC12c1ccccc1. The number of fused-ring (bicyclic) bond motifs is 2. The van der Waals surface area contributed by atoms with Crippen molar-refractivity contribution in [2.24, 2.45) is 0 Å². The molecule has 7 heteroatoms. The van der Waals surface area contributed by atoms with E-state index >= 15 is 0 Å². The highest BCUT2D eigenvalue weighted by molar-refractivity contribution is 5.98. The standard InChI is InChI=1S/C20H18N4O3/c1-14-16(12-27-21-14)18(25)23-10-11-24-19(26)17-8-5-9-22(17)13-20(23,24)15-6-3-2-4-7-15/h2-9,12H,10-11,13H2,1H3. The average molecular weight is 362 g/mol. The molecule has 4 heterocycles. The number of aryl methyl sites for hydroxylation is 1. The van der Waals surface area contributed by atoms with Gasteiger partial charge in [-0.15, -0.1) is 0 Å². The minimum absolute atomic E-state index is 0.0626. The van der Waals surface area contributed by atoms with Crippen LogP contribution in [0.25, 0.3) is 0 Å². The number of benzene rings is 1. The molecule has 0 bridgehead atoms. The average Bonchev–Trinajstić information content (AvgIpc) is 3.40. The lowest BCUT2D eigenvalue weighted by Crippen LogP contribution is -2.60. The fraction of sp³-hybridized carbons (Fsp3) is 0.250. The number of hydrogen-bond donors (Lipinski definition) is 0. The van der Waals surface area contributed by atoms with E-state index in [0.717, 1.165) is 5.56 Å². The van der Waals surface area contributed by atoms with E-state index in [1.165, 1.54) is 6.26 Å². The van der Waals surface area contributed by atoms with Crippen molar-refractivity contribution in [1.29, 1.82) is 0 Å². The van der Waals surface area contributed by atoms with Crippen LogP contribution in [-0.4, -0.2) is 44.4 Å². The fourth-order valence-electron chi connectivity index (χ4n) is 4.30. The Kier molecular flexibility index (Phi) is 3.28. The molecule has 7 nitrogen and oxygen atoms in total. The Labute approximate surface area is 155 Å². The summed E-state index contributed by atoms with van der Waals surface area (Å²) in [6.07, 6.45) is 3.27. The quantitative estimate of drug-likeness (QED) is 0.701. The minimum atomic E-state index is -0.870. The number of amides is 2. The summed E-state index contributed by atoms with van der Waals surface area (Å²) in [7, 11) is 0. The van der Waals surface area contributed by atoms with Crippen molar-refractivity contribution in [3.8, 4) is 0 Å². The van der Waals surface area contributed by atoms with Gasteiger partial charge < -0.3 is 18.9 Å². The molecule has 0 saturated carbocycles. The summed E-state index contributed by atoms with van der Waals surface area (Å²) in [6, 6.07) is 13.4. The molecule has 1 atom stereocenters. The van der Waals surface area contributed by atoms with Gasteiger partial charge in [0, 0.05) is 19.3 Å². The molecule has 5 rings (SSSR count). The summed E-state index contributed by atoms with van der Waals surface area (Å²) in [5.74, 6) is -0.240. The van der Waals surface area contributed by atoms with Gasteiger partial charge in [0.1, 0.15) is 17.5 Å². The Morgan fingerprint density at radius 1 is 1.15 bits per heavy atom.